The van der Waals surface area contributed by atoms with Gasteiger partial charge in [-0.3, -0.25) is 0 Å². The standard InChI is InChI=1S/C14H10N4/c1-9-11-7-10(8-15)3-4-12(11)18-13(9)14-16-5-2-6-17-14/h2-7,18H,1H3. The maximum Gasteiger partial charge on any atom is 0.176 e. The number of hydrogen-bond donors (Lipinski definition) is 1. The molecule has 4 nitrogen and oxygen atoms in total. The van der Waals surface area contributed by atoms with Crippen molar-refractivity contribution in [1.82, 2.24) is 15.0 Å². The van der Waals surface area contributed by atoms with Crippen LogP contribution in [-0.2, 0) is 0 Å². The summed E-state index contributed by atoms with van der Waals surface area (Å²) in [6.45, 7) is 2.01. The number of hydrogen-bond acceptors (Lipinski definition) is 3. The van der Waals surface area contributed by atoms with E-state index in [-0.39, 0.29) is 0 Å². The van der Waals surface area contributed by atoms with Gasteiger partial charge in [-0.15, -0.1) is 0 Å². The zero-order valence-corrected chi connectivity index (χ0v) is 9.81. The molecule has 1 aromatic carbocycles. The Labute approximate surface area is 104 Å². The van der Waals surface area contributed by atoms with Crippen molar-refractivity contribution < 1.29 is 0 Å². The van der Waals surface area contributed by atoms with Crippen molar-refractivity contribution in [2.24, 2.45) is 0 Å². The minimum atomic E-state index is 0.658. The lowest BCUT2D eigenvalue weighted by Crippen LogP contribution is -1.88. The third-order valence-electron chi connectivity index (χ3n) is 2.98. The van der Waals surface area contributed by atoms with Gasteiger partial charge in [0.15, 0.2) is 5.82 Å². The van der Waals surface area contributed by atoms with Crippen molar-refractivity contribution >= 4 is 10.9 Å². The molecule has 0 bridgehead atoms. The fraction of sp³-hybridized carbons (Fsp3) is 0.0714. The maximum absolute atomic E-state index is 8.93. The second kappa shape index (κ2) is 3.97. The zero-order chi connectivity index (χ0) is 12.5. The van der Waals surface area contributed by atoms with Crippen LogP contribution in [0.1, 0.15) is 11.1 Å². The molecular weight excluding hydrogens is 224 g/mol. The van der Waals surface area contributed by atoms with Crippen LogP contribution in [0.5, 0.6) is 0 Å². The molecule has 0 aliphatic carbocycles. The first-order valence-corrected chi connectivity index (χ1v) is 5.59. The lowest BCUT2D eigenvalue weighted by molar-refractivity contribution is 1.15. The second-order valence-electron chi connectivity index (χ2n) is 4.07. The van der Waals surface area contributed by atoms with Crippen molar-refractivity contribution in [2.75, 3.05) is 0 Å². The van der Waals surface area contributed by atoms with E-state index in [1.807, 2.05) is 19.1 Å². The molecule has 0 radical (unpaired) electrons. The summed E-state index contributed by atoms with van der Waals surface area (Å²) < 4.78 is 0. The number of nitriles is 1. The summed E-state index contributed by atoms with van der Waals surface area (Å²) in [5.74, 6) is 0.671. The van der Waals surface area contributed by atoms with Gasteiger partial charge in [-0.25, -0.2) is 9.97 Å². The van der Waals surface area contributed by atoms with Crippen LogP contribution in [0.25, 0.3) is 22.4 Å². The molecule has 4 heteroatoms. The van der Waals surface area contributed by atoms with Crippen molar-refractivity contribution in [3.8, 4) is 17.6 Å². The number of fused-ring (bicyclic) bond motifs is 1. The summed E-state index contributed by atoms with van der Waals surface area (Å²) in [6.07, 6.45) is 3.43. The fourth-order valence-electron chi connectivity index (χ4n) is 2.05. The van der Waals surface area contributed by atoms with E-state index < -0.39 is 0 Å². The van der Waals surface area contributed by atoms with Crippen LogP contribution in [0.3, 0.4) is 0 Å². The Morgan fingerprint density at radius 2 is 2.00 bits per heavy atom. The normalized spacial score (nSPS) is 10.4. The molecule has 0 fully saturated rings. The van der Waals surface area contributed by atoms with Crippen LogP contribution in [-0.4, -0.2) is 15.0 Å². The van der Waals surface area contributed by atoms with Gasteiger partial charge in [0, 0.05) is 23.3 Å². The van der Waals surface area contributed by atoms with E-state index in [4.69, 9.17) is 5.26 Å². The number of rotatable bonds is 1. The molecule has 0 saturated carbocycles. The number of aromatic amines is 1. The van der Waals surface area contributed by atoms with Gasteiger partial charge in [-0.1, -0.05) is 0 Å². The lowest BCUT2D eigenvalue weighted by atomic mass is 10.1. The Morgan fingerprint density at radius 3 is 2.72 bits per heavy atom. The summed E-state index contributed by atoms with van der Waals surface area (Å²) >= 11 is 0. The summed E-state index contributed by atoms with van der Waals surface area (Å²) in [5.41, 5.74) is 3.62. The van der Waals surface area contributed by atoms with Gasteiger partial charge in [-0.2, -0.15) is 5.26 Å². The highest BCUT2D eigenvalue weighted by Crippen LogP contribution is 2.27. The SMILES string of the molecule is Cc1c(-c2ncccn2)[nH]c2ccc(C#N)cc12. The molecule has 3 rings (SSSR count). The van der Waals surface area contributed by atoms with E-state index in [1.165, 1.54) is 0 Å². The topological polar surface area (TPSA) is 65.4 Å². The Hall–Kier alpha value is -2.67. The minimum absolute atomic E-state index is 0.658. The number of nitrogens with one attached hydrogen (secondary N) is 1. The molecule has 1 N–H and O–H groups in total. The Balaban J connectivity index is 2.27. The second-order valence-corrected chi connectivity index (χ2v) is 4.07. The Kier molecular flexibility index (Phi) is 2.31. The maximum atomic E-state index is 8.93. The summed E-state index contributed by atoms with van der Waals surface area (Å²) in [5, 5.41) is 9.97. The van der Waals surface area contributed by atoms with Crippen LogP contribution in [0.2, 0.25) is 0 Å². The molecule has 2 heterocycles. The average molecular weight is 234 g/mol. The molecule has 3 aromatic rings. The third-order valence-corrected chi connectivity index (χ3v) is 2.98. The van der Waals surface area contributed by atoms with Crippen molar-refractivity contribution in [3.63, 3.8) is 0 Å². The van der Waals surface area contributed by atoms with Crippen LogP contribution < -0.4 is 0 Å². The number of aryl methyl sites for hydroxylation is 1. The van der Waals surface area contributed by atoms with Crippen molar-refractivity contribution in [1.29, 1.82) is 5.26 Å². The van der Waals surface area contributed by atoms with Gasteiger partial charge >= 0.3 is 0 Å². The van der Waals surface area contributed by atoms with E-state index in [2.05, 4.69) is 21.0 Å². The molecule has 0 unspecified atom stereocenters. The summed E-state index contributed by atoms with van der Waals surface area (Å²) in [4.78, 5) is 11.8. The summed E-state index contributed by atoms with van der Waals surface area (Å²) in [7, 11) is 0. The highest BCUT2D eigenvalue weighted by molar-refractivity contribution is 5.90. The van der Waals surface area contributed by atoms with Crippen LogP contribution in [0.4, 0.5) is 0 Å². The number of H-pyrrole nitrogens is 1. The average Bonchev–Trinajstić information content (AvgIpc) is 2.77. The smallest absolute Gasteiger partial charge is 0.176 e. The highest BCUT2D eigenvalue weighted by atomic mass is 14.9. The molecule has 2 aromatic heterocycles. The quantitative estimate of drug-likeness (QED) is 0.704. The van der Waals surface area contributed by atoms with Gasteiger partial charge in [0.25, 0.3) is 0 Å². The first-order chi connectivity index (χ1) is 8.79. The zero-order valence-electron chi connectivity index (χ0n) is 9.81. The van der Waals surface area contributed by atoms with E-state index in [0.29, 0.717) is 11.4 Å². The first-order valence-electron chi connectivity index (χ1n) is 5.59. The number of aromatic nitrogens is 3. The minimum Gasteiger partial charge on any atom is -0.352 e. The molecule has 0 saturated heterocycles. The molecule has 0 spiro atoms. The largest absolute Gasteiger partial charge is 0.352 e. The highest BCUT2D eigenvalue weighted by Gasteiger charge is 2.11. The molecule has 0 amide bonds. The third kappa shape index (κ3) is 1.54. The monoisotopic (exact) mass is 234 g/mol. The van der Waals surface area contributed by atoms with Gasteiger partial charge in [0.05, 0.1) is 17.3 Å². The van der Waals surface area contributed by atoms with Crippen molar-refractivity contribution in [2.45, 2.75) is 6.92 Å². The predicted molar refractivity (Wildman–Crippen MR) is 68.8 cm³/mol. The lowest BCUT2D eigenvalue weighted by Gasteiger charge is -1.96. The van der Waals surface area contributed by atoms with E-state index in [0.717, 1.165) is 22.2 Å². The first kappa shape index (κ1) is 10.5. The Bertz CT molecular complexity index is 751. The van der Waals surface area contributed by atoms with E-state index in [1.54, 1.807) is 24.5 Å². The molecule has 0 atom stereocenters. The molecule has 86 valence electrons. The van der Waals surface area contributed by atoms with Crippen LogP contribution >= 0.6 is 0 Å². The van der Waals surface area contributed by atoms with E-state index >= 15 is 0 Å². The van der Waals surface area contributed by atoms with Gasteiger partial charge in [-0.05, 0) is 36.8 Å². The molecule has 0 aliphatic rings. The van der Waals surface area contributed by atoms with Gasteiger partial charge < -0.3 is 4.98 Å². The molecule has 0 aliphatic heterocycles. The van der Waals surface area contributed by atoms with Gasteiger partial charge in [0.2, 0.25) is 0 Å². The van der Waals surface area contributed by atoms with Crippen LogP contribution in [0.15, 0.2) is 36.7 Å². The Morgan fingerprint density at radius 1 is 1.22 bits per heavy atom. The molecule has 18 heavy (non-hydrogen) atoms. The molecular formula is C14H10N4. The predicted octanol–water partition coefficient (Wildman–Crippen LogP) is 2.81. The van der Waals surface area contributed by atoms with E-state index in [9.17, 15) is 0 Å². The van der Waals surface area contributed by atoms with Crippen molar-refractivity contribution in [3.05, 3.63) is 47.8 Å². The fourth-order valence-corrected chi connectivity index (χ4v) is 2.05. The number of nitrogens with zero attached hydrogens (tertiary/aromatic N) is 3. The van der Waals surface area contributed by atoms with Gasteiger partial charge in [0.1, 0.15) is 0 Å². The van der Waals surface area contributed by atoms with Crippen LogP contribution in [0, 0.1) is 18.3 Å². The number of benzene rings is 1. The summed E-state index contributed by atoms with van der Waals surface area (Å²) in [6, 6.07) is 9.53.